The first kappa shape index (κ1) is 34.6. The van der Waals surface area contributed by atoms with Gasteiger partial charge in [-0.15, -0.1) is 0 Å². The third-order valence-electron chi connectivity index (χ3n) is 7.30. The Labute approximate surface area is 286 Å². The highest BCUT2D eigenvalue weighted by atomic mass is 16.5. The number of rotatable bonds is 8. The van der Waals surface area contributed by atoms with Crippen LogP contribution in [0.15, 0.2) is 97.1 Å². The van der Waals surface area contributed by atoms with Crippen LogP contribution in [0.1, 0.15) is 39.3 Å². The molecule has 12 nitrogen and oxygen atoms in total. The Morgan fingerprint density at radius 3 is 1.54 bits per heavy atom. The number of ether oxygens (including phenoxy) is 5. The van der Waals surface area contributed by atoms with E-state index in [1.165, 1.54) is 21.1 Å². The van der Waals surface area contributed by atoms with Gasteiger partial charge in [0.25, 0.3) is 0 Å². The standard InChI is InChI=1S/C20H17NO6.C18H15NO4/c1-12(22)26-11-17-16-10-14(27-13-6-4-3-5-7-13)8-9-15(16)19(23)18(21-17)20(24)25-2;1-11-15-10-13(23-12-6-4-3-5-7-12)8-9-14(15)17(20)16(19-11)18(21)22-2/h3-10,23H,11H2,1-2H3;3-10,20H,1-2H3. The van der Waals surface area contributed by atoms with E-state index in [1.807, 2.05) is 48.5 Å². The van der Waals surface area contributed by atoms with Crippen LogP contribution >= 0.6 is 0 Å². The number of hydrogen-bond donors (Lipinski definition) is 2. The Hall–Kier alpha value is -6.69. The molecule has 0 atom stereocenters. The van der Waals surface area contributed by atoms with Crippen molar-refractivity contribution in [2.45, 2.75) is 20.5 Å². The van der Waals surface area contributed by atoms with E-state index in [1.54, 1.807) is 55.5 Å². The van der Waals surface area contributed by atoms with Crippen LogP contribution in [0, 0.1) is 6.92 Å². The summed E-state index contributed by atoms with van der Waals surface area (Å²) in [6, 6.07) is 28.7. The van der Waals surface area contributed by atoms with Gasteiger partial charge in [0.1, 0.15) is 29.6 Å². The molecule has 0 bridgehead atoms. The number of pyridine rings is 2. The van der Waals surface area contributed by atoms with Crippen molar-refractivity contribution in [3.63, 3.8) is 0 Å². The van der Waals surface area contributed by atoms with E-state index >= 15 is 0 Å². The van der Waals surface area contributed by atoms with Gasteiger partial charge in [-0.1, -0.05) is 36.4 Å². The fraction of sp³-hybridized carbons (Fsp3) is 0.132. The summed E-state index contributed by atoms with van der Waals surface area (Å²) in [4.78, 5) is 43.0. The molecule has 50 heavy (non-hydrogen) atoms. The summed E-state index contributed by atoms with van der Waals surface area (Å²) in [6.45, 7) is 2.87. The van der Waals surface area contributed by atoms with Crippen LogP contribution in [0.25, 0.3) is 21.5 Å². The van der Waals surface area contributed by atoms with Gasteiger partial charge in [-0.05, 0) is 67.6 Å². The van der Waals surface area contributed by atoms with Gasteiger partial charge in [0.15, 0.2) is 22.9 Å². The predicted octanol–water partition coefficient (Wildman–Crippen LogP) is 7.41. The minimum atomic E-state index is -0.789. The molecule has 0 aliphatic rings. The molecule has 254 valence electrons. The number of carbonyl (C=O) groups excluding carboxylic acids is 3. The number of esters is 3. The van der Waals surface area contributed by atoms with Crippen LogP contribution < -0.4 is 9.47 Å². The quantitative estimate of drug-likeness (QED) is 0.121. The summed E-state index contributed by atoms with van der Waals surface area (Å²) in [5.74, 6) is 0.0335. The molecule has 0 amide bonds. The van der Waals surface area contributed by atoms with Crippen LogP contribution in [0.5, 0.6) is 34.5 Å². The third-order valence-corrected chi connectivity index (χ3v) is 7.30. The summed E-state index contributed by atoms with van der Waals surface area (Å²) in [6.07, 6.45) is 0. The molecule has 2 aromatic heterocycles. The van der Waals surface area contributed by atoms with E-state index in [-0.39, 0.29) is 29.5 Å². The number of hydrogen-bond acceptors (Lipinski definition) is 12. The number of aromatic hydroxyl groups is 2. The summed E-state index contributed by atoms with van der Waals surface area (Å²) >= 11 is 0. The van der Waals surface area contributed by atoms with Gasteiger partial charge in [0.05, 0.1) is 19.9 Å². The summed E-state index contributed by atoms with van der Waals surface area (Å²) in [7, 11) is 2.44. The van der Waals surface area contributed by atoms with Crippen molar-refractivity contribution >= 4 is 39.5 Å². The lowest BCUT2D eigenvalue weighted by atomic mass is 10.1. The Kier molecular flexibility index (Phi) is 10.7. The van der Waals surface area contributed by atoms with Crippen molar-refractivity contribution in [3.8, 4) is 34.5 Å². The number of fused-ring (bicyclic) bond motifs is 2. The fourth-order valence-electron chi connectivity index (χ4n) is 4.92. The second-order valence-corrected chi connectivity index (χ2v) is 10.7. The van der Waals surface area contributed by atoms with Crippen molar-refractivity contribution in [2.24, 2.45) is 0 Å². The van der Waals surface area contributed by atoms with Crippen molar-refractivity contribution < 1.29 is 48.3 Å². The molecule has 0 fully saturated rings. The third kappa shape index (κ3) is 7.88. The highest BCUT2D eigenvalue weighted by molar-refractivity contribution is 6.01. The molecule has 2 heterocycles. The molecule has 6 aromatic rings. The maximum Gasteiger partial charge on any atom is 0.360 e. The molecule has 0 aliphatic heterocycles. The Morgan fingerprint density at radius 2 is 1.06 bits per heavy atom. The largest absolute Gasteiger partial charge is 0.505 e. The number of aromatic nitrogens is 2. The monoisotopic (exact) mass is 676 g/mol. The maximum absolute atomic E-state index is 11.9. The second kappa shape index (κ2) is 15.5. The summed E-state index contributed by atoms with van der Waals surface area (Å²) < 4.78 is 25.9. The Morgan fingerprint density at radius 1 is 0.600 bits per heavy atom. The molecule has 4 aromatic carbocycles. The lowest BCUT2D eigenvalue weighted by Crippen LogP contribution is -2.09. The number of aryl methyl sites for hydroxylation is 1. The topological polar surface area (TPSA) is 164 Å². The van der Waals surface area contributed by atoms with Gasteiger partial charge in [-0.25, -0.2) is 19.6 Å². The van der Waals surface area contributed by atoms with Crippen LogP contribution in [0.3, 0.4) is 0 Å². The fourth-order valence-corrected chi connectivity index (χ4v) is 4.92. The van der Waals surface area contributed by atoms with E-state index in [9.17, 15) is 24.6 Å². The number of methoxy groups -OCH3 is 2. The Bertz CT molecular complexity index is 2190. The summed E-state index contributed by atoms with van der Waals surface area (Å²) in [5.41, 5.74) is 0.576. The van der Waals surface area contributed by atoms with Crippen molar-refractivity contribution in [1.82, 2.24) is 9.97 Å². The molecule has 0 spiro atoms. The lowest BCUT2D eigenvalue weighted by Gasteiger charge is -2.13. The van der Waals surface area contributed by atoms with Gasteiger partial charge >= 0.3 is 17.9 Å². The number of nitrogens with zero attached hydrogens (tertiary/aromatic N) is 2. The zero-order valence-corrected chi connectivity index (χ0v) is 27.5. The zero-order chi connectivity index (χ0) is 35.8. The van der Waals surface area contributed by atoms with Gasteiger partial charge in [-0.3, -0.25) is 4.79 Å². The first-order chi connectivity index (χ1) is 24.1. The van der Waals surface area contributed by atoms with Crippen LogP contribution in [-0.4, -0.2) is 52.3 Å². The van der Waals surface area contributed by atoms with Crippen molar-refractivity contribution in [3.05, 3.63) is 120 Å². The predicted molar refractivity (Wildman–Crippen MR) is 183 cm³/mol. The number of carbonyl (C=O) groups is 3. The minimum Gasteiger partial charge on any atom is -0.505 e. The minimum absolute atomic E-state index is 0.0887. The normalized spacial score (nSPS) is 10.5. The average Bonchev–Trinajstić information content (AvgIpc) is 3.13. The smallest absolute Gasteiger partial charge is 0.360 e. The van der Waals surface area contributed by atoms with Gasteiger partial charge in [0.2, 0.25) is 0 Å². The average molecular weight is 677 g/mol. The van der Waals surface area contributed by atoms with Gasteiger partial charge in [-0.2, -0.15) is 0 Å². The lowest BCUT2D eigenvalue weighted by molar-refractivity contribution is -0.142. The van der Waals surface area contributed by atoms with E-state index in [2.05, 4.69) is 19.4 Å². The zero-order valence-electron chi connectivity index (χ0n) is 27.5. The van der Waals surface area contributed by atoms with Crippen LogP contribution in [0.2, 0.25) is 0 Å². The van der Waals surface area contributed by atoms with Crippen molar-refractivity contribution in [1.29, 1.82) is 0 Å². The number of para-hydroxylation sites is 2. The highest BCUT2D eigenvalue weighted by Crippen LogP contribution is 2.35. The van der Waals surface area contributed by atoms with Crippen LogP contribution in [0.4, 0.5) is 0 Å². The van der Waals surface area contributed by atoms with E-state index in [0.29, 0.717) is 55.9 Å². The molecule has 12 heteroatoms. The molecule has 0 unspecified atom stereocenters. The first-order valence-corrected chi connectivity index (χ1v) is 15.1. The molecule has 0 saturated carbocycles. The maximum atomic E-state index is 11.9. The molecule has 0 saturated heterocycles. The van der Waals surface area contributed by atoms with E-state index in [0.717, 1.165) is 0 Å². The van der Waals surface area contributed by atoms with Gasteiger partial charge in [0, 0.05) is 34.2 Å². The van der Waals surface area contributed by atoms with Crippen molar-refractivity contribution in [2.75, 3.05) is 14.2 Å². The molecule has 0 aliphatic carbocycles. The SMILES string of the molecule is COC(=O)c1nc(C)c2cc(Oc3ccccc3)ccc2c1O.COC(=O)c1nc(COC(C)=O)c2cc(Oc3ccccc3)ccc2c1O. The molecular weight excluding hydrogens is 644 g/mol. The molecular formula is C38H32N2O10. The summed E-state index contributed by atoms with van der Waals surface area (Å²) in [5, 5.41) is 22.8. The molecule has 6 rings (SSSR count). The van der Waals surface area contributed by atoms with Gasteiger partial charge < -0.3 is 33.9 Å². The molecule has 2 N–H and O–H groups in total. The molecule has 0 radical (unpaired) electrons. The number of benzene rings is 4. The first-order valence-electron chi connectivity index (χ1n) is 15.1. The van der Waals surface area contributed by atoms with Crippen LogP contribution in [-0.2, 0) is 25.6 Å². The second-order valence-electron chi connectivity index (χ2n) is 10.7. The Balaban J connectivity index is 0.000000197. The van der Waals surface area contributed by atoms with E-state index < -0.39 is 17.9 Å². The highest BCUT2D eigenvalue weighted by Gasteiger charge is 2.21. The van der Waals surface area contributed by atoms with E-state index in [4.69, 9.17) is 14.2 Å².